The first-order chi connectivity index (χ1) is 8.75. The number of fused-ring (bicyclic) bond motifs is 1. The molecule has 4 heteroatoms. The summed E-state index contributed by atoms with van der Waals surface area (Å²) in [5.74, 6) is 1.97. The average Bonchev–Trinajstić information content (AvgIpc) is 2.86. The van der Waals surface area contributed by atoms with Crippen molar-refractivity contribution in [2.45, 2.75) is 31.9 Å². The molecule has 1 N–H and O–H groups in total. The lowest BCUT2D eigenvalue weighted by Gasteiger charge is -2.24. The van der Waals surface area contributed by atoms with Crippen molar-refractivity contribution in [3.05, 3.63) is 23.3 Å². The van der Waals surface area contributed by atoms with Crippen LogP contribution >= 0.6 is 0 Å². The van der Waals surface area contributed by atoms with Crippen molar-refractivity contribution in [2.75, 3.05) is 19.9 Å². The molecule has 0 radical (unpaired) electrons. The molecular weight excluding hydrogens is 233 g/mol. The Labute approximate surface area is 106 Å². The number of alkyl halides is 1. The third-order valence-electron chi connectivity index (χ3n) is 3.76. The number of hydrogen-bond acceptors (Lipinski definition) is 3. The van der Waals surface area contributed by atoms with Crippen molar-refractivity contribution < 1.29 is 13.9 Å². The Balaban J connectivity index is 2.00. The van der Waals surface area contributed by atoms with Crippen molar-refractivity contribution in [3.8, 4) is 11.5 Å². The van der Waals surface area contributed by atoms with Crippen LogP contribution in [-0.2, 0) is 0 Å². The second-order valence-corrected chi connectivity index (χ2v) is 4.98. The van der Waals surface area contributed by atoms with Crippen molar-refractivity contribution in [1.29, 1.82) is 0 Å². The van der Waals surface area contributed by atoms with Crippen LogP contribution in [-0.4, -0.2) is 19.9 Å². The molecule has 1 aromatic carbocycles. The molecule has 0 amide bonds. The smallest absolute Gasteiger partial charge is 0.231 e. The second kappa shape index (κ2) is 4.76. The maximum Gasteiger partial charge on any atom is 0.231 e. The molecule has 1 fully saturated rings. The Bertz CT molecular complexity index is 442. The third kappa shape index (κ3) is 2.05. The van der Waals surface area contributed by atoms with Gasteiger partial charge in [0.25, 0.3) is 0 Å². The summed E-state index contributed by atoms with van der Waals surface area (Å²) in [6.07, 6.45) is 1.17. The normalized spacial score (nSPS) is 21.0. The van der Waals surface area contributed by atoms with Crippen LogP contribution in [0, 0.1) is 0 Å². The number of halogens is 1. The van der Waals surface area contributed by atoms with Gasteiger partial charge in [0.2, 0.25) is 6.79 Å². The van der Waals surface area contributed by atoms with E-state index in [9.17, 15) is 4.39 Å². The maximum absolute atomic E-state index is 13.5. The molecule has 0 saturated carbocycles. The van der Waals surface area contributed by atoms with Gasteiger partial charge in [-0.2, -0.15) is 0 Å². The monoisotopic (exact) mass is 251 g/mol. The van der Waals surface area contributed by atoms with E-state index in [1.54, 1.807) is 13.0 Å². The largest absolute Gasteiger partial charge is 0.454 e. The minimum Gasteiger partial charge on any atom is -0.454 e. The van der Waals surface area contributed by atoms with Crippen molar-refractivity contribution in [2.24, 2.45) is 0 Å². The highest BCUT2D eigenvalue weighted by Crippen LogP contribution is 2.44. The van der Waals surface area contributed by atoms with E-state index in [0.29, 0.717) is 17.2 Å². The van der Waals surface area contributed by atoms with Gasteiger partial charge < -0.3 is 14.8 Å². The Hall–Kier alpha value is -1.29. The zero-order valence-electron chi connectivity index (χ0n) is 10.5. The van der Waals surface area contributed by atoms with E-state index in [1.165, 1.54) is 0 Å². The number of benzene rings is 1. The fourth-order valence-electron chi connectivity index (χ4n) is 2.73. The fourth-order valence-corrected chi connectivity index (χ4v) is 2.73. The molecule has 98 valence electrons. The minimum absolute atomic E-state index is 0.247. The van der Waals surface area contributed by atoms with Crippen LogP contribution in [0.3, 0.4) is 0 Å². The van der Waals surface area contributed by atoms with Crippen molar-refractivity contribution >= 4 is 0 Å². The van der Waals surface area contributed by atoms with E-state index < -0.39 is 6.17 Å². The molecule has 3 rings (SSSR count). The van der Waals surface area contributed by atoms with E-state index in [-0.39, 0.29) is 6.79 Å². The summed E-state index contributed by atoms with van der Waals surface area (Å²) in [6.45, 7) is 3.83. The quantitative estimate of drug-likeness (QED) is 0.876. The van der Waals surface area contributed by atoms with E-state index in [2.05, 4.69) is 5.32 Å². The van der Waals surface area contributed by atoms with Crippen LogP contribution < -0.4 is 14.8 Å². The van der Waals surface area contributed by atoms with Gasteiger partial charge in [-0.3, -0.25) is 0 Å². The average molecular weight is 251 g/mol. The lowest BCUT2D eigenvalue weighted by Crippen LogP contribution is -2.26. The van der Waals surface area contributed by atoms with Gasteiger partial charge >= 0.3 is 0 Å². The van der Waals surface area contributed by atoms with Gasteiger partial charge in [0.05, 0.1) is 0 Å². The third-order valence-corrected chi connectivity index (χ3v) is 3.76. The number of hydrogen-bond donors (Lipinski definition) is 1. The molecule has 1 saturated heterocycles. The summed E-state index contributed by atoms with van der Waals surface area (Å²) in [6, 6.07) is 3.71. The van der Waals surface area contributed by atoms with Gasteiger partial charge in [0, 0.05) is 5.56 Å². The second-order valence-electron chi connectivity index (χ2n) is 4.98. The molecule has 3 nitrogen and oxygen atoms in total. The Morgan fingerprint density at radius 1 is 1.28 bits per heavy atom. The molecule has 0 bridgehead atoms. The molecular formula is C14H18FNO2. The first-order valence-electron chi connectivity index (χ1n) is 6.54. The van der Waals surface area contributed by atoms with Crippen LogP contribution in [0.1, 0.15) is 43.0 Å². The summed E-state index contributed by atoms with van der Waals surface area (Å²) in [7, 11) is 0. The Morgan fingerprint density at radius 2 is 2.06 bits per heavy atom. The van der Waals surface area contributed by atoms with E-state index in [0.717, 1.165) is 37.2 Å². The predicted molar refractivity (Wildman–Crippen MR) is 66.9 cm³/mol. The van der Waals surface area contributed by atoms with Crippen LogP contribution in [0.2, 0.25) is 0 Å². The zero-order valence-corrected chi connectivity index (χ0v) is 10.5. The van der Waals surface area contributed by atoms with Crippen molar-refractivity contribution in [3.63, 3.8) is 0 Å². The highest BCUT2D eigenvalue weighted by Gasteiger charge is 2.26. The molecule has 1 atom stereocenters. The highest BCUT2D eigenvalue weighted by molar-refractivity contribution is 5.53. The molecule has 0 spiro atoms. The zero-order chi connectivity index (χ0) is 12.5. The maximum atomic E-state index is 13.5. The van der Waals surface area contributed by atoms with Gasteiger partial charge in [0.15, 0.2) is 11.5 Å². The van der Waals surface area contributed by atoms with E-state index >= 15 is 0 Å². The SMILES string of the molecule is CC(F)c1cc2c(c(C3CCNCC3)c1)OCO2. The minimum atomic E-state index is -0.972. The van der Waals surface area contributed by atoms with Crippen LogP contribution in [0.4, 0.5) is 4.39 Å². The topological polar surface area (TPSA) is 30.5 Å². The van der Waals surface area contributed by atoms with Crippen LogP contribution in [0.15, 0.2) is 12.1 Å². The van der Waals surface area contributed by atoms with Gasteiger partial charge in [0.1, 0.15) is 6.17 Å². The predicted octanol–water partition coefficient (Wildman–Crippen LogP) is 2.91. The summed E-state index contributed by atoms with van der Waals surface area (Å²) in [5, 5.41) is 3.34. The first-order valence-corrected chi connectivity index (χ1v) is 6.54. The highest BCUT2D eigenvalue weighted by atomic mass is 19.1. The molecule has 1 aromatic rings. The summed E-state index contributed by atoms with van der Waals surface area (Å²) in [5.41, 5.74) is 1.80. The standard InChI is InChI=1S/C14H18FNO2/c1-9(15)11-6-12(10-2-4-16-5-3-10)14-13(7-11)17-8-18-14/h6-7,9-10,16H,2-5,8H2,1H3. The molecule has 0 aliphatic carbocycles. The number of rotatable bonds is 2. The van der Waals surface area contributed by atoms with Crippen LogP contribution in [0.5, 0.6) is 11.5 Å². The lowest BCUT2D eigenvalue weighted by molar-refractivity contribution is 0.172. The fraction of sp³-hybridized carbons (Fsp3) is 0.571. The molecule has 1 unspecified atom stereocenters. The van der Waals surface area contributed by atoms with E-state index in [4.69, 9.17) is 9.47 Å². The number of nitrogens with one attached hydrogen (secondary N) is 1. The van der Waals surface area contributed by atoms with Crippen molar-refractivity contribution in [1.82, 2.24) is 5.32 Å². The van der Waals surface area contributed by atoms with E-state index in [1.807, 2.05) is 6.07 Å². The summed E-state index contributed by atoms with van der Waals surface area (Å²) in [4.78, 5) is 0. The molecule has 18 heavy (non-hydrogen) atoms. The lowest BCUT2D eigenvalue weighted by atomic mass is 9.88. The molecule has 0 aromatic heterocycles. The number of piperidine rings is 1. The van der Waals surface area contributed by atoms with Gasteiger partial charge in [-0.25, -0.2) is 4.39 Å². The first kappa shape index (κ1) is 11.8. The molecule has 2 aliphatic rings. The number of ether oxygens (including phenoxy) is 2. The Kier molecular flexibility index (Phi) is 3.12. The molecule has 2 heterocycles. The Morgan fingerprint density at radius 3 is 2.78 bits per heavy atom. The molecule has 2 aliphatic heterocycles. The van der Waals surface area contributed by atoms with Gasteiger partial charge in [-0.1, -0.05) is 0 Å². The summed E-state index contributed by atoms with van der Waals surface area (Å²) >= 11 is 0. The van der Waals surface area contributed by atoms with Gasteiger partial charge in [-0.15, -0.1) is 0 Å². The van der Waals surface area contributed by atoms with Gasteiger partial charge in [-0.05, 0) is 56.5 Å². The summed E-state index contributed by atoms with van der Waals surface area (Å²) < 4.78 is 24.5. The van der Waals surface area contributed by atoms with Crippen LogP contribution in [0.25, 0.3) is 0 Å².